The predicted octanol–water partition coefficient (Wildman–Crippen LogP) is 22.2. The van der Waals surface area contributed by atoms with E-state index in [2.05, 4.69) is 289 Å². The molecule has 0 unspecified atom stereocenters. The molecule has 0 saturated heterocycles. The highest BCUT2D eigenvalue weighted by Crippen LogP contribution is 2.54. The number of nitrogens with zero attached hydrogens (tertiary/aromatic N) is 2. The molecule has 4 heteroatoms. The number of benzene rings is 15. The second-order valence-corrected chi connectivity index (χ2v) is 21.0. The van der Waals surface area contributed by atoms with Crippen molar-refractivity contribution in [1.82, 2.24) is 0 Å². The van der Waals surface area contributed by atoms with Gasteiger partial charge in [0.1, 0.15) is 16.7 Å². The molecule has 17 rings (SSSR count). The van der Waals surface area contributed by atoms with Gasteiger partial charge in [0.2, 0.25) is 0 Å². The first-order valence-corrected chi connectivity index (χ1v) is 27.4. The molecule has 0 radical (unpaired) electrons. The van der Waals surface area contributed by atoms with E-state index in [1.54, 1.807) is 0 Å². The fraction of sp³-hybridized carbons (Fsp3) is 0. The molecule has 0 saturated carbocycles. The maximum absolute atomic E-state index is 7.14. The molecule has 15 aromatic carbocycles. The van der Waals surface area contributed by atoms with Crippen LogP contribution in [0.5, 0.6) is 0 Å². The second-order valence-electron chi connectivity index (χ2n) is 21.0. The van der Waals surface area contributed by atoms with Crippen LogP contribution < -0.4 is 9.80 Å². The minimum atomic E-state index is 0.850. The first kappa shape index (κ1) is 44.4. The average molecular weight is 1020 g/mol. The largest absolute Gasteiger partial charge is 0.456 e. The zero-order valence-electron chi connectivity index (χ0n) is 43.3. The van der Waals surface area contributed by atoms with E-state index in [1.807, 2.05) is 0 Å². The topological polar surface area (TPSA) is 32.8 Å². The SMILES string of the molecule is c1ccc(N(c2c3ccccc3c(-c3ccc(N(c4ccccc4)c4cc5ccccc5c5c4oc4ccc6ccccc6c45)c4ccccc34)c3ccccc23)c2cc3oc4ccc5ccccc5c4c3c3ccccc23)cc1. The molecule has 2 aromatic heterocycles. The summed E-state index contributed by atoms with van der Waals surface area (Å²) in [7, 11) is 0. The van der Waals surface area contributed by atoms with E-state index < -0.39 is 0 Å². The summed E-state index contributed by atoms with van der Waals surface area (Å²) in [4.78, 5) is 4.89. The quantitative estimate of drug-likeness (QED) is 0.149. The van der Waals surface area contributed by atoms with Crippen molar-refractivity contribution in [3.63, 3.8) is 0 Å². The lowest BCUT2D eigenvalue weighted by Gasteiger charge is -2.31. The molecule has 0 aliphatic rings. The highest BCUT2D eigenvalue weighted by Gasteiger charge is 2.28. The Hall–Kier alpha value is -10.7. The van der Waals surface area contributed by atoms with E-state index in [9.17, 15) is 0 Å². The van der Waals surface area contributed by atoms with Gasteiger partial charge in [-0.05, 0) is 114 Å². The molecule has 0 spiro atoms. The molecule has 0 atom stereocenters. The minimum absolute atomic E-state index is 0.850. The van der Waals surface area contributed by atoms with Crippen LogP contribution in [0.1, 0.15) is 0 Å². The Morgan fingerprint density at radius 3 is 1.29 bits per heavy atom. The number of hydrogen-bond acceptors (Lipinski definition) is 4. The lowest BCUT2D eigenvalue weighted by Crippen LogP contribution is -2.12. The van der Waals surface area contributed by atoms with Gasteiger partial charge in [0.05, 0.1) is 22.7 Å². The number of furan rings is 2. The van der Waals surface area contributed by atoms with Gasteiger partial charge in [-0.25, -0.2) is 0 Å². The van der Waals surface area contributed by atoms with Gasteiger partial charge in [-0.3, -0.25) is 0 Å². The second kappa shape index (κ2) is 17.4. The van der Waals surface area contributed by atoms with Crippen molar-refractivity contribution in [1.29, 1.82) is 0 Å². The monoisotopic (exact) mass is 1020 g/mol. The lowest BCUT2D eigenvalue weighted by atomic mass is 9.87. The summed E-state index contributed by atoms with van der Waals surface area (Å²) >= 11 is 0. The third kappa shape index (κ3) is 6.51. The Morgan fingerprint density at radius 1 is 0.237 bits per heavy atom. The Bertz CT molecular complexity index is 5330. The van der Waals surface area contributed by atoms with Crippen LogP contribution >= 0.6 is 0 Å². The lowest BCUT2D eigenvalue weighted by molar-refractivity contribution is 0.669. The third-order valence-corrected chi connectivity index (χ3v) is 16.7. The first-order chi connectivity index (χ1) is 39.7. The Balaban J connectivity index is 0.925. The highest BCUT2D eigenvalue weighted by molar-refractivity contribution is 6.32. The van der Waals surface area contributed by atoms with Crippen LogP contribution in [0.3, 0.4) is 0 Å². The van der Waals surface area contributed by atoms with Gasteiger partial charge in [-0.2, -0.15) is 0 Å². The first-order valence-electron chi connectivity index (χ1n) is 27.4. The zero-order chi connectivity index (χ0) is 52.4. The number of fused-ring (bicyclic) bond motifs is 17. The van der Waals surface area contributed by atoms with Crippen molar-refractivity contribution in [3.8, 4) is 11.1 Å². The van der Waals surface area contributed by atoms with Crippen LogP contribution in [-0.4, -0.2) is 0 Å². The fourth-order valence-corrected chi connectivity index (χ4v) is 13.4. The summed E-state index contributed by atoms with van der Waals surface area (Å²) in [6.07, 6.45) is 0. The van der Waals surface area contributed by atoms with Gasteiger partial charge in [0, 0.05) is 60.5 Å². The Morgan fingerprint density at radius 2 is 0.675 bits per heavy atom. The number of hydrogen-bond donors (Lipinski definition) is 0. The Kier molecular flexibility index (Phi) is 9.68. The van der Waals surface area contributed by atoms with E-state index in [0.29, 0.717) is 0 Å². The van der Waals surface area contributed by atoms with Crippen molar-refractivity contribution in [3.05, 3.63) is 279 Å². The van der Waals surface area contributed by atoms with Gasteiger partial charge in [-0.15, -0.1) is 0 Å². The van der Waals surface area contributed by atoms with Crippen molar-refractivity contribution in [2.45, 2.75) is 0 Å². The Labute approximate surface area is 459 Å². The number of rotatable bonds is 7. The van der Waals surface area contributed by atoms with Crippen LogP contribution in [0, 0.1) is 0 Å². The normalized spacial score (nSPS) is 12.0. The van der Waals surface area contributed by atoms with Crippen molar-refractivity contribution in [2.75, 3.05) is 9.80 Å². The molecule has 372 valence electrons. The van der Waals surface area contributed by atoms with E-state index >= 15 is 0 Å². The van der Waals surface area contributed by atoms with E-state index in [-0.39, 0.29) is 0 Å². The van der Waals surface area contributed by atoms with Crippen LogP contribution in [0.25, 0.3) is 130 Å². The molecule has 17 aromatic rings. The highest BCUT2D eigenvalue weighted by atomic mass is 16.3. The molecule has 0 amide bonds. The van der Waals surface area contributed by atoms with Crippen LogP contribution in [0.4, 0.5) is 34.1 Å². The molecular weight excluding hydrogens is 973 g/mol. The van der Waals surface area contributed by atoms with Crippen LogP contribution in [0.15, 0.2) is 288 Å². The molecular formula is C76H46N2O2. The maximum Gasteiger partial charge on any atom is 0.160 e. The summed E-state index contributed by atoms with van der Waals surface area (Å²) in [6.45, 7) is 0. The van der Waals surface area contributed by atoms with Gasteiger partial charge in [0.25, 0.3) is 0 Å². The molecule has 0 aliphatic carbocycles. The summed E-state index contributed by atoms with van der Waals surface area (Å²) < 4.78 is 14.1. The molecule has 2 heterocycles. The zero-order valence-corrected chi connectivity index (χ0v) is 43.3. The van der Waals surface area contributed by atoms with E-state index in [0.717, 1.165) is 132 Å². The molecule has 0 aliphatic heterocycles. The summed E-state index contributed by atoms with van der Waals surface area (Å²) in [5, 5.41) is 20.7. The standard InChI is InChI=1S/C76H46N2O2/c1-3-24-50(25-4-1)77(66-45-49-23-9-12-30-54(49)74-72-53-29-11-8-22-48(53)40-44-68(72)80-76(66)74)64-42-41-61(55-31-13-14-32-56(55)64)70-59-35-17-19-37-62(59)75(63-38-20-18-36-60(63)70)78(51-26-5-2-6-27-51)65-46-69-73(58-34-16-15-33-57(58)65)71-52-28-10-7-21-47(52)39-43-67(71)79-69/h1-46H. The van der Waals surface area contributed by atoms with Gasteiger partial charge >= 0.3 is 0 Å². The number of para-hydroxylation sites is 2. The minimum Gasteiger partial charge on any atom is -0.456 e. The van der Waals surface area contributed by atoms with Gasteiger partial charge < -0.3 is 18.6 Å². The third-order valence-electron chi connectivity index (χ3n) is 16.7. The summed E-state index contributed by atoms with van der Waals surface area (Å²) in [5.41, 5.74) is 12.1. The smallest absolute Gasteiger partial charge is 0.160 e. The maximum atomic E-state index is 7.14. The van der Waals surface area contributed by atoms with Gasteiger partial charge in [0.15, 0.2) is 5.58 Å². The van der Waals surface area contributed by atoms with Crippen LogP contribution in [0.2, 0.25) is 0 Å². The van der Waals surface area contributed by atoms with Gasteiger partial charge in [-0.1, -0.05) is 224 Å². The summed E-state index contributed by atoms with van der Waals surface area (Å²) in [6, 6.07) is 101. The molecule has 0 fully saturated rings. The summed E-state index contributed by atoms with van der Waals surface area (Å²) in [5.74, 6) is 0. The van der Waals surface area contributed by atoms with Crippen molar-refractivity contribution >= 4 is 153 Å². The number of anilines is 6. The van der Waals surface area contributed by atoms with E-state index in [4.69, 9.17) is 8.83 Å². The molecule has 0 bridgehead atoms. The molecule has 0 N–H and O–H groups in total. The van der Waals surface area contributed by atoms with Crippen LogP contribution in [-0.2, 0) is 0 Å². The van der Waals surface area contributed by atoms with Crippen molar-refractivity contribution in [2.24, 2.45) is 0 Å². The van der Waals surface area contributed by atoms with Crippen molar-refractivity contribution < 1.29 is 8.83 Å². The molecule has 80 heavy (non-hydrogen) atoms. The molecule has 4 nitrogen and oxygen atoms in total. The predicted molar refractivity (Wildman–Crippen MR) is 338 cm³/mol. The average Bonchev–Trinajstić information content (AvgIpc) is 4.11. The fourth-order valence-electron chi connectivity index (χ4n) is 13.4. The van der Waals surface area contributed by atoms with E-state index in [1.165, 1.54) is 32.5 Å².